The summed E-state index contributed by atoms with van der Waals surface area (Å²) in [6, 6.07) is 0.474. The van der Waals surface area contributed by atoms with E-state index in [1.165, 1.54) is 27.9 Å². The summed E-state index contributed by atoms with van der Waals surface area (Å²) in [7, 11) is 2.08. The summed E-state index contributed by atoms with van der Waals surface area (Å²) in [5.74, 6) is 1.21. The SMILES string of the molecule is CNC1CC(C)(C)Cc2nc(N3CCSC(C)(C)C3)sc21. The predicted octanol–water partition coefficient (Wildman–Crippen LogP) is 3.71. The smallest absolute Gasteiger partial charge is 0.185 e. The molecular formula is C16H27N3S2. The molecule has 0 aromatic carbocycles. The molecule has 1 unspecified atom stereocenters. The number of nitrogens with one attached hydrogen (secondary N) is 1. The second-order valence-corrected chi connectivity index (χ2v) is 10.5. The summed E-state index contributed by atoms with van der Waals surface area (Å²) < 4.78 is 0.339. The van der Waals surface area contributed by atoms with Crippen LogP contribution < -0.4 is 10.2 Å². The molecule has 0 amide bonds. The second-order valence-electron chi connectivity index (χ2n) is 7.72. The number of rotatable bonds is 2. The molecule has 1 aromatic heterocycles. The van der Waals surface area contributed by atoms with E-state index in [1.807, 2.05) is 11.3 Å². The fourth-order valence-electron chi connectivity index (χ4n) is 3.47. The van der Waals surface area contributed by atoms with E-state index in [4.69, 9.17) is 4.98 Å². The molecule has 1 aromatic rings. The van der Waals surface area contributed by atoms with Crippen LogP contribution in [0.3, 0.4) is 0 Å². The first-order chi connectivity index (χ1) is 9.80. The minimum absolute atomic E-state index is 0.339. The van der Waals surface area contributed by atoms with Crippen molar-refractivity contribution in [3.05, 3.63) is 10.6 Å². The van der Waals surface area contributed by atoms with Gasteiger partial charge in [0.15, 0.2) is 5.13 Å². The number of hydrogen-bond donors (Lipinski definition) is 1. The number of thioether (sulfide) groups is 1. The van der Waals surface area contributed by atoms with Gasteiger partial charge in [-0.3, -0.25) is 0 Å². The highest BCUT2D eigenvalue weighted by molar-refractivity contribution is 8.00. The minimum atomic E-state index is 0.339. The summed E-state index contributed by atoms with van der Waals surface area (Å²) in [6.07, 6.45) is 2.32. The molecule has 1 N–H and O–H groups in total. The summed E-state index contributed by atoms with van der Waals surface area (Å²) in [5.41, 5.74) is 1.69. The lowest BCUT2D eigenvalue weighted by Crippen LogP contribution is -2.43. The zero-order chi connectivity index (χ0) is 15.3. The van der Waals surface area contributed by atoms with Crippen molar-refractivity contribution < 1.29 is 0 Å². The minimum Gasteiger partial charge on any atom is -0.346 e. The maximum atomic E-state index is 5.03. The van der Waals surface area contributed by atoms with Gasteiger partial charge in [0.05, 0.1) is 5.69 Å². The van der Waals surface area contributed by atoms with Crippen LogP contribution in [-0.4, -0.2) is 35.6 Å². The van der Waals surface area contributed by atoms with Crippen LogP contribution >= 0.6 is 23.1 Å². The Morgan fingerprint density at radius 1 is 1.29 bits per heavy atom. The molecule has 0 radical (unpaired) electrons. The van der Waals surface area contributed by atoms with Gasteiger partial charge in [-0.2, -0.15) is 11.8 Å². The summed E-state index contributed by atoms with van der Waals surface area (Å²) in [5, 5.41) is 4.74. The Bertz CT molecular complexity index is 522. The molecule has 0 saturated carbocycles. The van der Waals surface area contributed by atoms with E-state index in [1.54, 1.807) is 0 Å². The van der Waals surface area contributed by atoms with Crippen molar-refractivity contribution in [1.82, 2.24) is 10.3 Å². The third-order valence-electron chi connectivity index (χ3n) is 4.48. The Balaban J connectivity index is 1.88. The largest absolute Gasteiger partial charge is 0.346 e. The highest BCUT2D eigenvalue weighted by Crippen LogP contribution is 2.45. The van der Waals surface area contributed by atoms with Crippen molar-refractivity contribution in [3.8, 4) is 0 Å². The first-order valence-electron chi connectivity index (χ1n) is 7.85. The molecule has 1 aliphatic carbocycles. The van der Waals surface area contributed by atoms with Crippen molar-refractivity contribution in [2.45, 2.75) is 51.3 Å². The third-order valence-corrected chi connectivity index (χ3v) is 7.05. The highest BCUT2D eigenvalue weighted by Gasteiger charge is 2.36. The molecule has 1 saturated heterocycles. The van der Waals surface area contributed by atoms with Crippen molar-refractivity contribution >= 4 is 28.2 Å². The summed E-state index contributed by atoms with van der Waals surface area (Å²) in [4.78, 5) is 9.00. The van der Waals surface area contributed by atoms with E-state index in [0.29, 0.717) is 16.2 Å². The number of anilines is 1. The van der Waals surface area contributed by atoms with Crippen molar-refractivity contribution in [2.75, 3.05) is 30.8 Å². The normalized spacial score (nSPS) is 27.5. The van der Waals surface area contributed by atoms with Crippen molar-refractivity contribution in [1.29, 1.82) is 0 Å². The van der Waals surface area contributed by atoms with Crippen LogP contribution in [0.5, 0.6) is 0 Å². The standard InChI is InChI=1S/C16H27N3S2/c1-15(2)8-11(17-5)13-12(9-15)18-14(21-13)19-6-7-20-16(3,4)10-19/h11,17H,6-10H2,1-5H3. The maximum absolute atomic E-state index is 5.03. The highest BCUT2D eigenvalue weighted by atomic mass is 32.2. The van der Waals surface area contributed by atoms with Gasteiger partial charge in [0.2, 0.25) is 0 Å². The van der Waals surface area contributed by atoms with Crippen LogP contribution in [0.4, 0.5) is 5.13 Å². The van der Waals surface area contributed by atoms with Crippen LogP contribution in [0, 0.1) is 5.41 Å². The lowest BCUT2D eigenvalue weighted by Gasteiger charge is -2.37. The Morgan fingerprint density at radius 3 is 2.71 bits per heavy atom. The molecule has 1 aliphatic heterocycles. The van der Waals surface area contributed by atoms with Gasteiger partial charge in [-0.15, -0.1) is 0 Å². The fraction of sp³-hybridized carbons (Fsp3) is 0.812. The maximum Gasteiger partial charge on any atom is 0.185 e. The van der Waals surface area contributed by atoms with Crippen LogP contribution in [0.2, 0.25) is 0 Å². The lowest BCUT2D eigenvalue weighted by molar-refractivity contribution is 0.265. The van der Waals surface area contributed by atoms with E-state index in [-0.39, 0.29) is 0 Å². The lowest BCUT2D eigenvalue weighted by atomic mass is 9.76. The molecule has 2 aliphatic rings. The molecule has 0 spiro atoms. The Hall–Kier alpha value is -0.260. The number of aromatic nitrogens is 1. The van der Waals surface area contributed by atoms with Crippen LogP contribution in [0.25, 0.3) is 0 Å². The topological polar surface area (TPSA) is 28.2 Å². The van der Waals surface area contributed by atoms with Gasteiger partial charge in [-0.1, -0.05) is 25.2 Å². The number of hydrogen-bond acceptors (Lipinski definition) is 5. The van der Waals surface area contributed by atoms with Gasteiger partial charge in [0.25, 0.3) is 0 Å². The third kappa shape index (κ3) is 3.25. The van der Waals surface area contributed by atoms with E-state index in [2.05, 4.69) is 56.7 Å². The molecule has 21 heavy (non-hydrogen) atoms. The van der Waals surface area contributed by atoms with Crippen LogP contribution in [0.15, 0.2) is 0 Å². The van der Waals surface area contributed by atoms with E-state index >= 15 is 0 Å². The van der Waals surface area contributed by atoms with Crippen molar-refractivity contribution in [3.63, 3.8) is 0 Å². The van der Waals surface area contributed by atoms with Gasteiger partial charge >= 0.3 is 0 Å². The van der Waals surface area contributed by atoms with E-state index < -0.39 is 0 Å². The monoisotopic (exact) mass is 325 g/mol. The number of thiazole rings is 1. The molecular weight excluding hydrogens is 298 g/mol. The van der Waals surface area contributed by atoms with Gasteiger partial charge in [-0.25, -0.2) is 4.98 Å². The van der Waals surface area contributed by atoms with Crippen molar-refractivity contribution in [2.24, 2.45) is 5.41 Å². The second kappa shape index (κ2) is 5.43. The Morgan fingerprint density at radius 2 is 2.05 bits per heavy atom. The molecule has 3 rings (SSSR count). The Kier molecular flexibility index (Phi) is 4.04. The van der Waals surface area contributed by atoms with Crippen LogP contribution in [0.1, 0.15) is 50.7 Å². The Labute approximate surface area is 136 Å². The first-order valence-corrected chi connectivity index (χ1v) is 9.66. The van der Waals surface area contributed by atoms with Crippen LogP contribution in [-0.2, 0) is 6.42 Å². The molecule has 2 heterocycles. The van der Waals surface area contributed by atoms with Gasteiger partial charge < -0.3 is 10.2 Å². The fourth-order valence-corrected chi connectivity index (χ4v) is 5.80. The quantitative estimate of drug-likeness (QED) is 0.897. The zero-order valence-electron chi connectivity index (χ0n) is 13.8. The average molecular weight is 326 g/mol. The summed E-state index contributed by atoms with van der Waals surface area (Å²) in [6.45, 7) is 11.7. The first kappa shape index (κ1) is 15.6. The van der Waals surface area contributed by atoms with Gasteiger partial charge in [-0.05, 0) is 39.2 Å². The molecule has 1 atom stereocenters. The zero-order valence-corrected chi connectivity index (χ0v) is 15.5. The van der Waals surface area contributed by atoms with E-state index in [9.17, 15) is 0 Å². The number of nitrogens with zero attached hydrogens (tertiary/aromatic N) is 2. The molecule has 118 valence electrons. The molecule has 0 bridgehead atoms. The predicted molar refractivity (Wildman–Crippen MR) is 94.8 cm³/mol. The average Bonchev–Trinajstić information content (AvgIpc) is 2.78. The van der Waals surface area contributed by atoms with Gasteiger partial charge in [0.1, 0.15) is 0 Å². The molecule has 5 heteroatoms. The van der Waals surface area contributed by atoms with E-state index in [0.717, 1.165) is 19.5 Å². The molecule has 1 fully saturated rings. The summed E-state index contributed by atoms with van der Waals surface area (Å²) >= 11 is 4.00. The van der Waals surface area contributed by atoms with Gasteiger partial charge in [0, 0.05) is 34.5 Å². The number of fused-ring (bicyclic) bond motifs is 1. The molecule has 3 nitrogen and oxygen atoms in total.